The second kappa shape index (κ2) is 9.34. The maximum Gasteiger partial charge on any atom is 0.262 e. The van der Waals surface area contributed by atoms with Crippen molar-refractivity contribution >= 4 is 10.0 Å². The highest BCUT2D eigenvalue weighted by molar-refractivity contribution is 7.89. The minimum Gasteiger partial charge on any atom is -0.497 e. The Kier molecular flexibility index (Phi) is 6.53. The van der Waals surface area contributed by atoms with Gasteiger partial charge in [-0.25, -0.2) is 8.42 Å². The first-order chi connectivity index (χ1) is 15.4. The van der Waals surface area contributed by atoms with Crippen LogP contribution < -0.4 is 9.47 Å². The van der Waals surface area contributed by atoms with Crippen molar-refractivity contribution in [1.29, 1.82) is 0 Å². The molecule has 4 rings (SSSR count). The summed E-state index contributed by atoms with van der Waals surface area (Å²) in [5.41, 5.74) is 1.74. The van der Waals surface area contributed by atoms with Crippen molar-refractivity contribution in [3.63, 3.8) is 0 Å². The van der Waals surface area contributed by atoms with E-state index in [4.69, 9.17) is 9.47 Å². The van der Waals surface area contributed by atoms with Gasteiger partial charge in [-0.15, -0.1) is 0 Å². The highest BCUT2D eigenvalue weighted by Crippen LogP contribution is 2.39. The Morgan fingerprint density at radius 3 is 1.88 bits per heavy atom. The molecule has 170 valence electrons. The highest BCUT2D eigenvalue weighted by Gasteiger charge is 2.32. The molecule has 0 radical (unpaired) electrons. The van der Waals surface area contributed by atoms with E-state index in [-0.39, 0.29) is 24.2 Å². The van der Waals surface area contributed by atoms with E-state index < -0.39 is 10.0 Å². The van der Waals surface area contributed by atoms with E-state index >= 15 is 0 Å². The summed E-state index contributed by atoms with van der Waals surface area (Å²) in [7, 11) is -0.597. The summed E-state index contributed by atoms with van der Waals surface area (Å²) in [5.74, 6) is 2.04. The highest BCUT2D eigenvalue weighted by atomic mass is 32.2. The molecule has 2 aromatic carbocycles. The average molecular weight is 456 g/mol. The van der Waals surface area contributed by atoms with Crippen LogP contribution in [0.5, 0.6) is 11.5 Å². The van der Waals surface area contributed by atoms with Gasteiger partial charge in [-0.2, -0.15) is 9.40 Å². The second-order valence-corrected chi connectivity index (χ2v) is 10.1. The standard InChI is InChI=1S/C24H29N3O4S/c1-18(21-8-9-21)27-15-14-24(25-27)32(28,29)26(16-19-4-10-22(30-2)11-5-19)17-20-6-12-23(31-3)13-7-20/h4-7,10-15,18,21H,8-9,16-17H2,1-3H3. The Bertz CT molecular complexity index is 1090. The van der Waals surface area contributed by atoms with Crippen molar-refractivity contribution in [1.82, 2.24) is 14.1 Å². The van der Waals surface area contributed by atoms with Crippen LogP contribution in [-0.4, -0.2) is 36.7 Å². The van der Waals surface area contributed by atoms with Gasteiger partial charge in [-0.1, -0.05) is 24.3 Å². The average Bonchev–Trinajstić information content (AvgIpc) is 3.54. The molecule has 1 saturated carbocycles. The number of sulfonamides is 1. The SMILES string of the molecule is COc1ccc(CN(Cc2ccc(OC)cc2)S(=O)(=O)c2ccn(C(C)C3CC3)n2)cc1. The Morgan fingerprint density at radius 1 is 0.938 bits per heavy atom. The number of hydrogen-bond donors (Lipinski definition) is 0. The van der Waals surface area contributed by atoms with Crippen LogP contribution in [0.1, 0.15) is 36.9 Å². The summed E-state index contributed by atoms with van der Waals surface area (Å²) in [6.07, 6.45) is 4.11. The lowest BCUT2D eigenvalue weighted by molar-refractivity contribution is 0.391. The molecule has 1 heterocycles. The van der Waals surface area contributed by atoms with Crippen molar-refractivity contribution in [2.24, 2.45) is 5.92 Å². The van der Waals surface area contributed by atoms with Crippen LogP contribution in [0.15, 0.2) is 65.8 Å². The third-order valence-electron chi connectivity index (χ3n) is 5.95. The summed E-state index contributed by atoms with van der Waals surface area (Å²) in [4.78, 5) is 0. The van der Waals surface area contributed by atoms with Crippen molar-refractivity contribution in [3.05, 3.63) is 71.9 Å². The maximum absolute atomic E-state index is 13.6. The molecule has 1 aliphatic carbocycles. The molecule has 0 saturated heterocycles. The van der Waals surface area contributed by atoms with Crippen molar-refractivity contribution in [2.45, 2.75) is 43.9 Å². The molecule has 32 heavy (non-hydrogen) atoms. The number of hydrogen-bond acceptors (Lipinski definition) is 5. The molecule has 1 atom stereocenters. The smallest absolute Gasteiger partial charge is 0.262 e. The van der Waals surface area contributed by atoms with Gasteiger partial charge in [-0.05, 0) is 67.1 Å². The van der Waals surface area contributed by atoms with Gasteiger partial charge in [-0.3, -0.25) is 4.68 Å². The van der Waals surface area contributed by atoms with Gasteiger partial charge in [0.25, 0.3) is 10.0 Å². The number of aromatic nitrogens is 2. The Hall–Kier alpha value is -2.84. The first-order valence-corrected chi connectivity index (χ1v) is 12.2. The van der Waals surface area contributed by atoms with Crippen LogP contribution in [0.3, 0.4) is 0 Å². The summed E-state index contributed by atoms with van der Waals surface area (Å²) >= 11 is 0. The fourth-order valence-corrected chi connectivity index (χ4v) is 5.04. The largest absolute Gasteiger partial charge is 0.497 e. The Balaban J connectivity index is 1.62. The van der Waals surface area contributed by atoms with Crippen LogP contribution in [-0.2, 0) is 23.1 Å². The molecule has 0 aliphatic heterocycles. The molecule has 0 N–H and O–H groups in total. The number of ether oxygens (including phenoxy) is 2. The lowest BCUT2D eigenvalue weighted by Crippen LogP contribution is -2.30. The zero-order valence-corrected chi connectivity index (χ0v) is 19.5. The molecular weight excluding hydrogens is 426 g/mol. The van der Waals surface area contributed by atoms with Gasteiger partial charge in [0.1, 0.15) is 11.5 Å². The van der Waals surface area contributed by atoms with E-state index in [1.165, 1.54) is 17.1 Å². The first kappa shape index (κ1) is 22.4. The summed E-state index contributed by atoms with van der Waals surface area (Å²) in [5, 5.41) is 4.52. The van der Waals surface area contributed by atoms with Gasteiger partial charge < -0.3 is 9.47 Å². The zero-order valence-electron chi connectivity index (χ0n) is 18.6. The Labute approximate surface area is 189 Å². The van der Waals surface area contributed by atoms with Gasteiger partial charge in [0.05, 0.1) is 20.3 Å². The molecule has 0 bridgehead atoms. The molecule has 1 unspecified atom stereocenters. The molecule has 1 aromatic heterocycles. The predicted molar refractivity (Wildman–Crippen MR) is 122 cm³/mol. The summed E-state index contributed by atoms with van der Waals surface area (Å²) < 4.78 is 40.9. The first-order valence-electron chi connectivity index (χ1n) is 10.7. The number of methoxy groups -OCH3 is 2. The van der Waals surface area contributed by atoms with Gasteiger partial charge in [0.15, 0.2) is 5.03 Å². The summed E-state index contributed by atoms with van der Waals surface area (Å²) in [6, 6.07) is 16.6. The third kappa shape index (κ3) is 4.97. The monoisotopic (exact) mass is 455 g/mol. The topological polar surface area (TPSA) is 73.7 Å². The van der Waals surface area contributed by atoms with E-state index in [1.54, 1.807) is 31.2 Å². The minimum absolute atomic E-state index is 0.0759. The fraction of sp³-hybridized carbons (Fsp3) is 0.375. The lowest BCUT2D eigenvalue weighted by Gasteiger charge is -2.22. The van der Waals surface area contributed by atoms with Crippen LogP contribution in [0.4, 0.5) is 0 Å². The van der Waals surface area contributed by atoms with E-state index in [1.807, 2.05) is 48.5 Å². The molecule has 0 spiro atoms. The fourth-order valence-electron chi connectivity index (χ4n) is 3.71. The Morgan fingerprint density at radius 2 is 1.44 bits per heavy atom. The van der Waals surface area contributed by atoms with Crippen LogP contribution >= 0.6 is 0 Å². The molecule has 3 aromatic rings. The molecule has 1 aliphatic rings. The lowest BCUT2D eigenvalue weighted by atomic mass is 10.2. The van der Waals surface area contributed by atoms with Crippen LogP contribution in [0.25, 0.3) is 0 Å². The van der Waals surface area contributed by atoms with E-state index in [2.05, 4.69) is 12.0 Å². The van der Waals surface area contributed by atoms with Crippen molar-refractivity contribution in [2.75, 3.05) is 14.2 Å². The number of rotatable bonds is 10. The molecule has 8 heteroatoms. The van der Waals surface area contributed by atoms with E-state index in [9.17, 15) is 8.42 Å². The molecule has 1 fully saturated rings. The number of benzene rings is 2. The van der Waals surface area contributed by atoms with Gasteiger partial charge in [0, 0.05) is 19.3 Å². The number of nitrogens with zero attached hydrogens (tertiary/aromatic N) is 3. The quantitative estimate of drug-likeness (QED) is 0.457. The van der Waals surface area contributed by atoms with Crippen molar-refractivity contribution < 1.29 is 17.9 Å². The summed E-state index contributed by atoms with van der Waals surface area (Å²) in [6.45, 7) is 2.54. The third-order valence-corrected chi connectivity index (χ3v) is 7.63. The van der Waals surface area contributed by atoms with Crippen molar-refractivity contribution in [3.8, 4) is 11.5 Å². The van der Waals surface area contributed by atoms with Crippen LogP contribution in [0, 0.1) is 5.92 Å². The van der Waals surface area contributed by atoms with Gasteiger partial charge >= 0.3 is 0 Å². The molecular formula is C24H29N3O4S. The van der Waals surface area contributed by atoms with Crippen LogP contribution in [0.2, 0.25) is 0 Å². The normalized spacial score (nSPS) is 15.0. The second-order valence-electron chi connectivity index (χ2n) is 8.18. The maximum atomic E-state index is 13.6. The van der Waals surface area contributed by atoms with Gasteiger partial charge in [0.2, 0.25) is 0 Å². The van der Waals surface area contributed by atoms with E-state index in [0.29, 0.717) is 5.92 Å². The minimum atomic E-state index is -3.81. The molecule has 7 nitrogen and oxygen atoms in total. The van der Waals surface area contributed by atoms with E-state index in [0.717, 1.165) is 22.6 Å². The predicted octanol–water partition coefficient (Wildman–Crippen LogP) is 4.26. The zero-order chi connectivity index (χ0) is 22.7. The molecule has 0 amide bonds.